The number of rotatable bonds is 5. The fourth-order valence-electron chi connectivity index (χ4n) is 3.10. The highest BCUT2D eigenvalue weighted by atomic mass is 16.3. The standard InChI is InChI=1S/C14H30N2O/c1-6-13(4)10-12(15-8-9-17)11(3)14(5,7-2)16-13/h11-12,15-17H,6-10H2,1-5H3. The van der Waals surface area contributed by atoms with E-state index < -0.39 is 0 Å². The summed E-state index contributed by atoms with van der Waals surface area (Å²) in [4.78, 5) is 0. The van der Waals surface area contributed by atoms with Crippen LogP contribution in [0.4, 0.5) is 0 Å². The molecule has 0 saturated carbocycles. The van der Waals surface area contributed by atoms with Crippen molar-refractivity contribution in [3.05, 3.63) is 0 Å². The van der Waals surface area contributed by atoms with Gasteiger partial charge in [0, 0.05) is 23.7 Å². The number of piperidine rings is 1. The molecule has 102 valence electrons. The lowest BCUT2D eigenvalue weighted by molar-refractivity contribution is 0.0568. The molecule has 1 aliphatic rings. The third kappa shape index (κ3) is 3.21. The average molecular weight is 242 g/mol. The van der Waals surface area contributed by atoms with Crippen molar-refractivity contribution in [2.45, 2.75) is 71.0 Å². The average Bonchev–Trinajstić information content (AvgIpc) is 2.32. The molecule has 1 aliphatic heterocycles. The maximum absolute atomic E-state index is 8.98. The highest BCUT2D eigenvalue weighted by Crippen LogP contribution is 2.37. The summed E-state index contributed by atoms with van der Waals surface area (Å²) in [5, 5.41) is 16.3. The van der Waals surface area contributed by atoms with Gasteiger partial charge in [0.15, 0.2) is 0 Å². The largest absolute Gasteiger partial charge is 0.395 e. The van der Waals surface area contributed by atoms with Crippen LogP contribution < -0.4 is 10.6 Å². The smallest absolute Gasteiger partial charge is 0.0556 e. The van der Waals surface area contributed by atoms with E-state index in [4.69, 9.17) is 5.11 Å². The van der Waals surface area contributed by atoms with Crippen molar-refractivity contribution in [1.29, 1.82) is 0 Å². The van der Waals surface area contributed by atoms with Gasteiger partial charge in [0.1, 0.15) is 0 Å². The molecule has 4 atom stereocenters. The molecule has 1 saturated heterocycles. The number of nitrogens with one attached hydrogen (secondary N) is 2. The van der Waals surface area contributed by atoms with E-state index in [1.807, 2.05) is 0 Å². The summed E-state index contributed by atoms with van der Waals surface area (Å²) < 4.78 is 0. The van der Waals surface area contributed by atoms with Crippen LogP contribution in [0.5, 0.6) is 0 Å². The van der Waals surface area contributed by atoms with Crippen LogP contribution in [0.3, 0.4) is 0 Å². The molecular weight excluding hydrogens is 212 g/mol. The minimum atomic E-state index is 0.191. The minimum Gasteiger partial charge on any atom is -0.395 e. The number of aliphatic hydroxyl groups is 1. The van der Waals surface area contributed by atoms with Gasteiger partial charge in [-0.05, 0) is 39.0 Å². The lowest BCUT2D eigenvalue weighted by Gasteiger charge is -2.53. The van der Waals surface area contributed by atoms with Crippen LogP contribution in [0, 0.1) is 5.92 Å². The predicted octanol–water partition coefficient (Wildman–Crippen LogP) is 1.90. The Balaban J connectivity index is 2.83. The summed E-state index contributed by atoms with van der Waals surface area (Å²) in [6.07, 6.45) is 3.42. The van der Waals surface area contributed by atoms with Crippen molar-refractivity contribution < 1.29 is 5.11 Å². The minimum absolute atomic E-state index is 0.191. The van der Waals surface area contributed by atoms with Crippen LogP contribution in [-0.2, 0) is 0 Å². The number of hydrogen-bond donors (Lipinski definition) is 3. The molecule has 0 aromatic carbocycles. The second-order valence-electron chi connectivity index (χ2n) is 6.09. The molecule has 4 unspecified atom stereocenters. The van der Waals surface area contributed by atoms with Gasteiger partial charge in [-0.25, -0.2) is 0 Å². The highest BCUT2D eigenvalue weighted by Gasteiger charge is 2.45. The van der Waals surface area contributed by atoms with Crippen molar-refractivity contribution in [3.63, 3.8) is 0 Å². The second-order valence-corrected chi connectivity index (χ2v) is 6.09. The molecule has 1 heterocycles. The summed E-state index contributed by atoms with van der Waals surface area (Å²) in [6, 6.07) is 0.498. The quantitative estimate of drug-likeness (QED) is 0.690. The molecule has 0 spiro atoms. The monoisotopic (exact) mass is 242 g/mol. The maximum atomic E-state index is 8.98. The van der Waals surface area contributed by atoms with Crippen LogP contribution in [0.2, 0.25) is 0 Å². The first kappa shape index (κ1) is 14.9. The van der Waals surface area contributed by atoms with E-state index in [0.717, 1.165) is 19.3 Å². The molecule has 0 amide bonds. The summed E-state index contributed by atoms with van der Waals surface area (Å²) in [5.41, 5.74) is 0.403. The topological polar surface area (TPSA) is 44.3 Å². The zero-order valence-corrected chi connectivity index (χ0v) is 12.1. The van der Waals surface area contributed by atoms with Crippen molar-refractivity contribution in [2.24, 2.45) is 5.92 Å². The van der Waals surface area contributed by atoms with E-state index in [0.29, 0.717) is 18.5 Å². The summed E-state index contributed by atoms with van der Waals surface area (Å²) in [7, 11) is 0. The van der Waals surface area contributed by atoms with Gasteiger partial charge in [-0.3, -0.25) is 0 Å². The van der Waals surface area contributed by atoms with Crippen molar-refractivity contribution >= 4 is 0 Å². The Hall–Kier alpha value is -0.120. The first-order valence-corrected chi connectivity index (χ1v) is 7.04. The van der Waals surface area contributed by atoms with Crippen LogP contribution in [0.15, 0.2) is 0 Å². The van der Waals surface area contributed by atoms with Gasteiger partial charge in [0.2, 0.25) is 0 Å². The molecule has 1 rings (SSSR count). The van der Waals surface area contributed by atoms with Gasteiger partial charge >= 0.3 is 0 Å². The molecule has 3 N–H and O–H groups in total. The normalized spacial score (nSPS) is 42.7. The number of aliphatic hydroxyl groups excluding tert-OH is 1. The Morgan fingerprint density at radius 2 is 1.94 bits per heavy atom. The second kappa shape index (κ2) is 5.68. The van der Waals surface area contributed by atoms with E-state index >= 15 is 0 Å². The van der Waals surface area contributed by atoms with Gasteiger partial charge in [-0.2, -0.15) is 0 Å². The Morgan fingerprint density at radius 1 is 1.29 bits per heavy atom. The summed E-state index contributed by atoms with van der Waals surface area (Å²) >= 11 is 0. The number of hydrogen-bond acceptors (Lipinski definition) is 3. The van der Waals surface area contributed by atoms with Gasteiger partial charge in [-0.15, -0.1) is 0 Å². The van der Waals surface area contributed by atoms with Crippen LogP contribution >= 0.6 is 0 Å². The van der Waals surface area contributed by atoms with Crippen molar-refractivity contribution in [3.8, 4) is 0 Å². The fraction of sp³-hybridized carbons (Fsp3) is 1.00. The van der Waals surface area contributed by atoms with Gasteiger partial charge in [-0.1, -0.05) is 20.8 Å². The molecular formula is C14H30N2O. The van der Waals surface area contributed by atoms with E-state index in [1.165, 1.54) is 0 Å². The SMILES string of the molecule is CCC1(C)CC(NCCO)C(C)C(C)(CC)N1. The van der Waals surface area contributed by atoms with Crippen LogP contribution in [0.25, 0.3) is 0 Å². The van der Waals surface area contributed by atoms with Crippen molar-refractivity contribution in [1.82, 2.24) is 10.6 Å². The van der Waals surface area contributed by atoms with Gasteiger partial charge in [0.05, 0.1) is 6.61 Å². The molecule has 1 fully saturated rings. The van der Waals surface area contributed by atoms with Gasteiger partial charge in [0.25, 0.3) is 0 Å². The summed E-state index contributed by atoms with van der Waals surface area (Å²) in [6.45, 7) is 12.4. The molecule has 0 radical (unpaired) electrons. The highest BCUT2D eigenvalue weighted by molar-refractivity contribution is 5.06. The molecule has 3 heteroatoms. The van der Waals surface area contributed by atoms with Crippen LogP contribution in [0.1, 0.15) is 53.9 Å². The Bertz CT molecular complexity index is 246. The van der Waals surface area contributed by atoms with Gasteiger partial charge < -0.3 is 15.7 Å². The van der Waals surface area contributed by atoms with E-state index in [1.54, 1.807) is 0 Å². The Labute approximate surface area is 106 Å². The van der Waals surface area contributed by atoms with E-state index in [-0.39, 0.29) is 17.7 Å². The molecule has 0 aromatic rings. The lowest BCUT2D eigenvalue weighted by Crippen LogP contribution is -2.68. The van der Waals surface area contributed by atoms with E-state index in [2.05, 4.69) is 45.3 Å². The molecule has 17 heavy (non-hydrogen) atoms. The summed E-state index contributed by atoms with van der Waals surface area (Å²) in [5.74, 6) is 0.582. The molecule has 3 nitrogen and oxygen atoms in total. The molecule has 0 bridgehead atoms. The maximum Gasteiger partial charge on any atom is 0.0556 e. The van der Waals surface area contributed by atoms with Crippen LogP contribution in [-0.4, -0.2) is 35.4 Å². The molecule has 0 aromatic heterocycles. The molecule has 0 aliphatic carbocycles. The van der Waals surface area contributed by atoms with E-state index in [9.17, 15) is 0 Å². The predicted molar refractivity (Wildman–Crippen MR) is 73.2 cm³/mol. The Morgan fingerprint density at radius 3 is 2.41 bits per heavy atom. The zero-order valence-electron chi connectivity index (χ0n) is 12.1. The first-order valence-electron chi connectivity index (χ1n) is 7.04. The fourth-order valence-corrected chi connectivity index (χ4v) is 3.10. The third-order valence-corrected chi connectivity index (χ3v) is 4.90. The van der Waals surface area contributed by atoms with Crippen molar-refractivity contribution in [2.75, 3.05) is 13.2 Å². The first-order chi connectivity index (χ1) is 7.90. The Kier molecular flexibility index (Phi) is 4.99. The zero-order chi connectivity index (χ0) is 13.1. The lowest BCUT2D eigenvalue weighted by atomic mass is 9.69. The third-order valence-electron chi connectivity index (χ3n) is 4.90.